The van der Waals surface area contributed by atoms with Crippen molar-refractivity contribution in [3.63, 3.8) is 0 Å². The Balaban J connectivity index is 1.46. The number of ether oxygens (including phenoxy) is 4. The Bertz CT molecular complexity index is 714. The van der Waals surface area contributed by atoms with E-state index in [0.717, 1.165) is 50.1 Å². The Morgan fingerprint density at radius 2 is 1.71 bits per heavy atom. The molecule has 1 saturated heterocycles. The first-order valence-electron chi connectivity index (χ1n) is 11.7. The first kappa shape index (κ1) is 28.6. The standard InChI is InChI=1S/C24H38N2O6S2/c1-25(2)12-6-13-26(3)24(28)31-16-18-34-33-17-15-29-22(27)19-20-8-10-21(11-9-20)32-23-7-4-5-14-30-23/h8-11,23H,4-7,12-19H2,1-3H3. The van der Waals surface area contributed by atoms with Gasteiger partial charge in [0, 0.05) is 31.5 Å². The third kappa shape index (κ3) is 12.7. The molecule has 1 amide bonds. The van der Waals surface area contributed by atoms with Gasteiger partial charge in [0.05, 0.1) is 13.0 Å². The Hall–Kier alpha value is -1.62. The van der Waals surface area contributed by atoms with E-state index in [4.69, 9.17) is 18.9 Å². The number of amides is 1. The van der Waals surface area contributed by atoms with Crippen LogP contribution in [-0.4, -0.2) is 93.7 Å². The average Bonchev–Trinajstić information content (AvgIpc) is 2.82. The predicted molar refractivity (Wildman–Crippen MR) is 137 cm³/mol. The van der Waals surface area contributed by atoms with E-state index in [1.807, 2.05) is 38.4 Å². The lowest BCUT2D eigenvalue weighted by molar-refractivity contribution is -0.142. The summed E-state index contributed by atoms with van der Waals surface area (Å²) in [6.07, 6.45) is 3.79. The van der Waals surface area contributed by atoms with Gasteiger partial charge in [-0.1, -0.05) is 33.7 Å². The summed E-state index contributed by atoms with van der Waals surface area (Å²) in [5.41, 5.74) is 0.887. The second kappa shape index (κ2) is 16.9. The maximum atomic E-state index is 12.0. The Morgan fingerprint density at radius 1 is 1.00 bits per heavy atom. The summed E-state index contributed by atoms with van der Waals surface area (Å²) in [6.45, 7) is 3.07. The molecule has 0 saturated carbocycles. The molecule has 0 bridgehead atoms. The highest BCUT2D eigenvalue weighted by molar-refractivity contribution is 8.76. The molecule has 1 unspecified atom stereocenters. The molecular weight excluding hydrogens is 476 g/mol. The van der Waals surface area contributed by atoms with Crippen LogP contribution in [0.3, 0.4) is 0 Å². The summed E-state index contributed by atoms with van der Waals surface area (Å²) in [6, 6.07) is 7.49. The van der Waals surface area contributed by atoms with Gasteiger partial charge in [-0.3, -0.25) is 4.79 Å². The zero-order valence-electron chi connectivity index (χ0n) is 20.5. The van der Waals surface area contributed by atoms with Crippen molar-refractivity contribution in [1.29, 1.82) is 0 Å². The molecule has 2 rings (SSSR count). The van der Waals surface area contributed by atoms with Gasteiger partial charge in [0.2, 0.25) is 0 Å². The maximum Gasteiger partial charge on any atom is 0.409 e. The lowest BCUT2D eigenvalue weighted by Gasteiger charge is -2.23. The zero-order chi connectivity index (χ0) is 24.6. The fourth-order valence-electron chi connectivity index (χ4n) is 3.16. The van der Waals surface area contributed by atoms with Crippen LogP contribution in [0.25, 0.3) is 0 Å². The van der Waals surface area contributed by atoms with Gasteiger partial charge in [-0.2, -0.15) is 0 Å². The third-order valence-corrected chi connectivity index (χ3v) is 7.33. The van der Waals surface area contributed by atoms with E-state index in [-0.39, 0.29) is 24.8 Å². The third-order valence-electron chi connectivity index (χ3n) is 4.99. The van der Waals surface area contributed by atoms with Crippen LogP contribution in [0.4, 0.5) is 4.79 Å². The summed E-state index contributed by atoms with van der Waals surface area (Å²) in [7, 11) is 8.97. The van der Waals surface area contributed by atoms with Crippen LogP contribution in [-0.2, 0) is 25.4 Å². The van der Waals surface area contributed by atoms with Crippen molar-refractivity contribution in [1.82, 2.24) is 9.80 Å². The van der Waals surface area contributed by atoms with Crippen molar-refractivity contribution in [2.75, 3.05) is 65.6 Å². The van der Waals surface area contributed by atoms with Crippen LogP contribution in [0.15, 0.2) is 24.3 Å². The number of esters is 1. The average molecular weight is 515 g/mol. The van der Waals surface area contributed by atoms with Gasteiger partial charge in [0.15, 0.2) is 6.29 Å². The van der Waals surface area contributed by atoms with Gasteiger partial charge in [-0.15, -0.1) is 0 Å². The van der Waals surface area contributed by atoms with Gasteiger partial charge >= 0.3 is 12.1 Å². The first-order valence-corrected chi connectivity index (χ1v) is 14.2. The lowest BCUT2D eigenvalue weighted by atomic mass is 10.1. The van der Waals surface area contributed by atoms with E-state index in [0.29, 0.717) is 31.3 Å². The van der Waals surface area contributed by atoms with Crippen LogP contribution in [0.5, 0.6) is 5.75 Å². The van der Waals surface area contributed by atoms with E-state index in [2.05, 4.69) is 4.90 Å². The fraction of sp³-hybridized carbons (Fsp3) is 0.667. The minimum atomic E-state index is -0.291. The zero-order valence-corrected chi connectivity index (χ0v) is 22.2. The highest BCUT2D eigenvalue weighted by Gasteiger charge is 2.15. The van der Waals surface area contributed by atoms with Crippen LogP contribution in [0.2, 0.25) is 0 Å². The van der Waals surface area contributed by atoms with Crippen molar-refractivity contribution in [3.8, 4) is 5.75 Å². The Labute approximate surface area is 211 Å². The van der Waals surface area contributed by atoms with E-state index >= 15 is 0 Å². The number of carbonyl (C=O) groups excluding carboxylic acids is 2. The van der Waals surface area contributed by atoms with Crippen LogP contribution < -0.4 is 4.74 Å². The van der Waals surface area contributed by atoms with Crippen LogP contribution in [0, 0.1) is 0 Å². The van der Waals surface area contributed by atoms with Gasteiger partial charge < -0.3 is 28.7 Å². The number of benzene rings is 1. The van der Waals surface area contributed by atoms with E-state index < -0.39 is 0 Å². The number of hydrogen-bond acceptors (Lipinski definition) is 9. The molecule has 1 aromatic carbocycles. The minimum Gasteiger partial charge on any atom is -0.465 e. The molecule has 1 heterocycles. The molecule has 1 fully saturated rings. The molecule has 1 aliphatic heterocycles. The summed E-state index contributed by atoms with van der Waals surface area (Å²) in [5, 5.41) is 0. The molecule has 34 heavy (non-hydrogen) atoms. The summed E-state index contributed by atoms with van der Waals surface area (Å²) >= 11 is 0. The molecule has 192 valence electrons. The Kier molecular flexibility index (Phi) is 14.2. The normalized spacial score (nSPS) is 15.7. The molecule has 10 heteroatoms. The molecule has 0 spiro atoms. The molecule has 1 aliphatic rings. The molecule has 0 aliphatic carbocycles. The van der Waals surface area contributed by atoms with Crippen molar-refractivity contribution in [2.24, 2.45) is 0 Å². The minimum absolute atomic E-state index is 0.175. The van der Waals surface area contributed by atoms with E-state index in [9.17, 15) is 9.59 Å². The van der Waals surface area contributed by atoms with Gasteiger partial charge in [0.25, 0.3) is 0 Å². The number of rotatable bonds is 15. The van der Waals surface area contributed by atoms with E-state index in [1.165, 1.54) is 0 Å². The van der Waals surface area contributed by atoms with Crippen LogP contribution >= 0.6 is 21.6 Å². The Morgan fingerprint density at radius 3 is 2.35 bits per heavy atom. The molecule has 0 radical (unpaired) electrons. The first-order chi connectivity index (χ1) is 16.4. The SMILES string of the molecule is CN(C)CCCN(C)C(=O)OCCSSCCOC(=O)Cc1ccc(OC2CCCCO2)cc1. The maximum absolute atomic E-state index is 12.0. The second-order valence-corrected chi connectivity index (χ2v) is 11.0. The lowest BCUT2D eigenvalue weighted by Crippen LogP contribution is -2.30. The van der Waals surface area contributed by atoms with E-state index in [1.54, 1.807) is 33.5 Å². The van der Waals surface area contributed by atoms with Crippen molar-refractivity contribution < 1.29 is 28.5 Å². The molecule has 0 N–H and O–H groups in total. The highest BCUT2D eigenvalue weighted by Crippen LogP contribution is 2.21. The molecule has 0 aromatic heterocycles. The molecule has 8 nitrogen and oxygen atoms in total. The number of carbonyl (C=O) groups is 2. The fourth-order valence-corrected chi connectivity index (χ4v) is 4.81. The largest absolute Gasteiger partial charge is 0.465 e. The van der Waals surface area contributed by atoms with Crippen molar-refractivity contribution in [2.45, 2.75) is 38.4 Å². The predicted octanol–water partition coefficient (Wildman–Crippen LogP) is 4.08. The topological polar surface area (TPSA) is 77.5 Å². The molecule has 1 aromatic rings. The smallest absolute Gasteiger partial charge is 0.409 e. The number of nitrogens with zero attached hydrogens (tertiary/aromatic N) is 2. The highest BCUT2D eigenvalue weighted by atomic mass is 33.1. The summed E-state index contributed by atoms with van der Waals surface area (Å²) in [5.74, 6) is 1.87. The van der Waals surface area contributed by atoms with Gasteiger partial charge in [0.1, 0.15) is 19.0 Å². The number of hydrogen-bond donors (Lipinski definition) is 0. The van der Waals surface area contributed by atoms with Crippen molar-refractivity contribution in [3.05, 3.63) is 29.8 Å². The summed E-state index contributed by atoms with van der Waals surface area (Å²) in [4.78, 5) is 27.6. The quantitative estimate of drug-likeness (QED) is 0.195. The molecular formula is C24H38N2O6S2. The molecule has 1 atom stereocenters. The monoisotopic (exact) mass is 514 g/mol. The van der Waals surface area contributed by atoms with Gasteiger partial charge in [-0.05, 0) is 57.6 Å². The van der Waals surface area contributed by atoms with Crippen molar-refractivity contribution >= 4 is 33.7 Å². The van der Waals surface area contributed by atoms with Crippen LogP contribution in [0.1, 0.15) is 31.2 Å². The van der Waals surface area contributed by atoms with Gasteiger partial charge in [-0.25, -0.2) is 4.79 Å². The second-order valence-electron chi connectivity index (χ2n) is 8.29. The summed E-state index contributed by atoms with van der Waals surface area (Å²) < 4.78 is 22.0.